The van der Waals surface area contributed by atoms with E-state index < -0.39 is 9.84 Å². The van der Waals surface area contributed by atoms with Gasteiger partial charge in [-0.25, -0.2) is 8.42 Å². The van der Waals surface area contributed by atoms with Gasteiger partial charge in [-0.3, -0.25) is 9.59 Å². The number of benzene rings is 2. The summed E-state index contributed by atoms with van der Waals surface area (Å²) in [7, 11) is -3.59. The number of hydrogen-bond donors (Lipinski definition) is 1. The summed E-state index contributed by atoms with van der Waals surface area (Å²) in [6.07, 6.45) is 2.45. The van der Waals surface area contributed by atoms with Crippen LogP contribution < -0.4 is 10.2 Å². The average molecular weight is 455 g/mol. The van der Waals surface area contributed by atoms with Crippen molar-refractivity contribution in [2.75, 3.05) is 17.2 Å². The van der Waals surface area contributed by atoms with Gasteiger partial charge in [-0.05, 0) is 61.4 Å². The molecular weight excluding hydrogens is 424 g/mol. The monoisotopic (exact) mass is 454 g/mol. The Morgan fingerprint density at radius 2 is 1.84 bits per heavy atom. The molecule has 1 fully saturated rings. The van der Waals surface area contributed by atoms with E-state index in [1.165, 1.54) is 0 Å². The minimum Gasteiger partial charge on any atom is -0.355 e. The SMILES string of the molecule is C[C@H](CNC(=O)CCS(=O)(=O)c1ccc2c(c1)C[C@H](C)N2C(=O)C1CC1)c1ccccc1. The molecule has 6 nitrogen and oxygen atoms in total. The molecule has 4 rings (SSSR count). The molecule has 0 saturated heterocycles. The third-order valence-corrected chi connectivity index (χ3v) is 8.08. The van der Waals surface area contributed by atoms with Gasteiger partial charge < -0.3 is 10.2 Å². The van der Waals surface area contributed by atoms with Gasteiger partial charge in [-0.15, -0.1) is 0 Å². The highest BCUT2D eigenvalue weighted by Crippen LogP contribution is 2.39. The minimum atomic E-state index is -3.59. The molecule has 2 amide bonds. The summed E-state index contributed by atoms with van der Waals surface area (Å²) in [4.78, 5) is 26.9. The Bertz CT molecular complexity index is 1110. The lowest BCUT2D eigenvalue weighted by atomic mass is 10.0. The number of amides is 2. The van der Waals surface area contributed by atoms with Crippen LogP contribution >= 0.6 is 0 Å². The molecule has 7 heteroatoms. The van der Waals surface area contributed by atoms with Crippen molar-refractivity contribution in [2.24, 2.45) is 5.92 Å². The van der Waals surface area contributed by atoms with Crippen LogP contribution in [0.25, 0.3) is 0 Å². The second-order valence-electron chi connectivity index (χ2n) is 9.01. The minimum absolute atomic E-state index is 0.0356. The Morgan fingerprint density at radius 1 is 1.12 bits per heavy atom. The Balaban J connectivity index is 1.35. The van der Waals surface area contributed by atoms with Gasteiger partial charge in [0.1, 0.15) is 0 Å². The fourth-order valence-electron chi connectivity index (χ4n) is 4.26. The van der Waals surface area contributed by atoms with Gasteiger partial charge in [0, 0.05) is 30.6 Å². The topological polar surface area (TPSA) is 83.6 Å². The van der Waals surface area contributed by atoms with Gasteiger partial charge in [-0.2, -0.15) is 0 Å². The first-order valence-electron chi connectivity index (χ1n) is 11.3. The van der Waals surface area contributed by atoms with Gasteiger partial charge in [-0.1, -0.05) is 37.3 Å². The van der Waals surface area contributed by atoms with E-state index in [4.69, 9.17) is 0 Å². The standard InChI is InChI=1S/C25H30N2O4S/c1-17(19-6-4-3-5-7-19)16-26-24(28)12-13-32(30,31)22-10-11-23-21(15-22)14-18(2)27(23)25(29)20-8-9-20/h3-7,10-11,15,17-18,20H,8-9,12-14,16H2,1-2H3,(H,26,28)/t17-,18+/m1/s1. The van der Waals surface area contributed by atoms with Crippen LogP contribution in [-0.2, 0) is 25.8 Å². The molecule has 0 spiro atoms. The molecule has 1 aliphatic carbocycles. The summed E-state index contributed by atoms with van der Waals surface area (Å²) in [5.41, 5.74) is 2.83. The summed E-state index contributed by atoms with van der Waals surface area (Å²) < 4.78 is 25.7. The third kappa shape index (κ3) is 4.88. The molecule has 0 radical (unpaired) electrons. The zero-order valence-electron chi connectivity index (χ0n) is 18.6. The second kappa shape index (κ2) is 9.06. The molecule has 0 unspecified atom stereocenters. The normalized spacial score (nSPS) is 18.8. The third-order valence-electron chi connectivity index (χ3n) is 6.36. The maximum absolute atomic E-state index is 12.9. The highest BCUT2D eigenvalue weighted by molar-refractivity contribution is 7.91. The number of carbonyl (C=O) groups excluding carboxylic acids is 2. The second-order valence-corrected chi connectivity index (χ2v) is 11.1. The van der Waals surface area contributed by atoms with Crippen LogP contribution in [0.2, 0.25) is 0 Å². The highest BCUT2D eigenvalue weighted by atomic mass is 32.2. The maximum atomic E-state index is 12.9. The molecular formula is C25H30N2O4S. The predicted octanol–water partition coefficient (Wildman–Crippen LogP) is 3.46. The van der Waals surface area contributed by atoms with Crippen LogP contribution in [-0.4, -0.2) is 38.6 Å². The molecule has 1 N–H and O–H groups in total. The van der Waals surface area contributed by atoms with E-state index in [0.29, 0.717) is 13.0 Å². The zero-order chi connectivity index (χ0) is 22.9. The molecule has 1 aliphatic heterocycles. The van der Waals surface area contributed by atoms with Crippen molar-refractivity contribution in [3.05, 3.63) is 59.7 Å². The van der Waals surface area contributed by atoms with Crippen LogP contribution in [0.15, 0.2) is 53.4 Å². The number of nitrogens with zero attached hydrogens (tertiary/aromatic N) is 1. The first-order chi connectivity index (χ1) is 15.3. The van der Waals surface area contributed by atoms with Crippen LogP contribution in [0, 0.1) is 5.92 Å². The van der Waals surface area contributed by atoms with E-state index in [9.17, 15) is 18.0 Å². The van der Waals surface area contributed by atoms with E-state index in [2.05, 4.69) is 5.32 Å². The number of fused-ring (bicyclic) bond motifs is 1. The maximum Gasteiger partial charge on any atom is 0.230 e. The largest absolute Gasteiger partial charge is 0.355 e. The highest BCUT2D eigenvalue weighted by Gasteiger charge is 2.39. The van der Waals surface area contributed by atoms with Gasteiger partial charge in [0.2, 0.25) is 11.8 Å². The molecule has 1 saturated carbocycles. The quantitative estimate of drug-likeness (QED) is 0.662. The smallest absolute Gasteiger partial charge is 0.230 e. The number of sulfone groups is 1. The van der Waals surface area contributed by atoms with Gasteiger partial charge in [0.05, 0.1) is 10.6 Å². The van der Waals surface area contributed by atoms with E-state index in [1.807, 2.05) is 49.1 Å². The number of nitrogens with one attached hydrogen (secondary N) is 1. The lowest BCUT2D eigenvalue weighted by molar-refractivity contribution is -0.121. The zero-order valence-corrected chi connectivity index (χ0v) is 19.4. The predicted molar refractivity (Wildman–Crippen MR) is 124 cm³/mol. The number of rotatable bonds is 8. The van der Waals surface area contributed by atoms with Crippen molar-refractivity contribution < 1.29 is 18.0 Å². The molecule has 2 aromatic rings. The van der Waals surface area contributed by atoms with Crippen molar-refractivity contribution in [1.29, 1.82) is 0 Å². The van der Waals surface area contributed by atoms with Crippen LogP contribution in [0.5, 0.6) is 0 Å². The number of anilines is 1. The van der Waals surface area contributed by atoms with Crippen molar-refractivity contribution in [3.8, 4) is 0 Å². The van der Waals surface area contributed by atoms with E-state index in [1.54, 1.807) is 18.2 Å². The van der Waals surface area contributed by atoms with Crippen molar-refractivity contribution in [1.82, 2.24) is 5.32 Å². The Kier molecular flexibility index (Phi) is 6.38. The molecule has 2 aromatic carbocycles. The summed E-state index contributed by atoms with van der Waals surface area (Å²) in [6, 6.07) is 14.9. The van der Waals surface area contributed by atoms with Gasteiger partial charge in [0.15, 0.2) is 9.84 Å². The first kappa shape index (κ1) is 22.5. The first-order valence-corrected chi connectivity index (χ1v) is 12.9. The molecule has 2 aliphatic rings. The summed E-state index contributed by atoms with van der Waals surface area (Å²) >= 11 is 0. The van der Waals surface area contributed by atoms with Crippen molar-refractivity contribution in [2.45, 2.75) is 56.4 Å². The molecule has 0 aromatic heterocycles. The van der Waals surface area contributed by atoms with Crippen molar-refractivity contribution in [3.63, 3.8) is 0 Å². The average Bonchev–Trinajstić information content (AvgIpc) is 3.58. The number of hydrogen-bond acceptors (Lipinski definition) is 4. The molecule has 2 atom stereocenters. The van der Waals surface area contributed by atoms with E-state index >= 15 is 0 Å². The van der Waals surface area contributed by atoms with Crippen LogP contribution in [0.4, 0.5) is 5.69 Å². The van der Waals surface area contributed by atoms with Crippen LogP contribution in [0.3, 0.4) is 0 Å². The fraction of sp³-hybridized carbons (Fsp3) is 0.440. The summed E-state index contributed by atoms with van der Waals surface area (Å²) in [6.45, 7) is 4.48. The van der Waals surface area contributed by atoms with E-state index in [0.717, 1.165) is 29.7 Å². The molecule has 1 heterocycles. The van der Waals surface area contributed by atoms with Crippen LogP contribution in [0.1, 0.15) is 50.2 Å². The Labute approximate surface area is 189 Å². The van der Waals surface area contributed by atoms with E-state index in [-0.39, 0.29) is 46.8 Å². The van der Waals surface area contributed by atoms with Gasteiger partial charge in [0.25, 0.3) is 0 Å². The summed E-state index contributed by atoms with van der Waals surface area (Å²) in [5.74, 6) is -0.0928. The van der Waals surface area contributed by atoms with Crippen molar-refractivity contribution >= 4 is 27.3 Å². The number of carbonyl (C=O) groups is 2. The lowest BCUT2D eigenvalue weighted by Crippen LogP contribution is -2.36. The summed E-state index contributed by atoms with van der Waals surface area (Å²) in [5, 5.41) is 2.84. The molecule has 170 valence electrons. The fourth-order valence-corrected chi connectivity index (χ4v) is 5.55. The Morgan fingerprint density at radius 3 is 2.53 bits per heavy atom. The Hall–Kier alpha value is -2.67. The molecule has 32 heavy (non-hydrogen) atoms. The lowest BCUT2D eigenvalue weighted by Gasteiger charge is -2.22. The molecule has 0 bridgehead atoms. The van der Waals surface area contributed by atoms with Gasteiger partial charge >= 0.3 is 0 Å².